The number of benzene rings is 1. The molecule has 0 aliphatic carbocycles. The van der Waals surface area contributed by atoms with Gasteiger partial charge in [-0.1, -0.05) is 26.0 Å². The lowest BCUT2D eigenvalue weighted by Crippen LogP contribution is -2.31. The Hall–Kier alpha value is -1.06. The minimum Gasteiger partial charge on any atom is -0.491 e. The molecule has 1 aromatic carbocycles. The Morgan fingerprint density at radius 1 is 1.24 bits per heavy atom. The summed E-state index contributed by atoms with van der Waals surface area (Å²) in [4.78, 5) is 0. The molecule has 0 amide bonds. The van der Waals surface area contributed by atoms with Crippen LogP contribution >= 0.6 is 0 Å². The van der Waals surface area contributed by atoms with E-state index in [0.717, 1.165) is 25.1 Å². The molecule has 1 rings (SSSR count). The molecule has 0 radical (unpaired) electrons. The summed E-state index contributed by atoms with van der Waals surface area (Å²) in [5.41, 5.74) is 1.29. The van der Waals surface area contributed by atoms with Crippen molar-refractivity contribution in [3.05, 3.63) is 29.8 Å². The van der Waals surface area contributed by atoms with Crippen molar-refractivity contribution < 1.29 is 9.84 Å². The molecule has 0 spiro atoms. The van der Waals surface area contributed by atoms with E-state index >= 15 is 0 Å². The number of aliphatic hydroxyl groups is 1. The summed E-state index contributed by atoms with van der Waals surface area (Å²) in [7, 11) is 0. The average Bonchev–Trinajstić information content (AvgIpc) is 2.37. The van der Waals surface area contributed by atoms with Gasteiger partial charge in [-0.3, -0.25) is 0 Å². The van der Waals surface area contributed by atoms with Crippen LogP contribution in [0.15, 0.2) is 24.3 Å². The molecular formula is C14H23NO2. The van der Waals surface area contributed by atoms with E-state index in [4.69, 9.17) is 4.74 Å². The molecule has 1 aromatic rings. The van der Waals surface area contributed by atoms with Crippen LogP contribution in [0.3, 0.4) is 0 Å². The molecule has 3 heteroatoms. The third-order valence-corrected chi connectivity index (χ3v) is 2.58. The van der Waals surface area contributed by atoms with Gasteiger partial charge in [-0.15, -0.1) is 0 Å². The highest BCUT2D eigenvalue weighted by atomic mass is 16.5. The fraction of sp³-hybridized carbons (Fsp3) is 0.571. The predicted molar refractivity (Wildman–Crippen MR) is 70.5 cm³/mol. The molecule has 1 atom stereocenters. The number of hydrogen-bond acceptors (Lipinski definition) is 3. The number of rotatable bonds is 8. The zero-order chi connectivity index (χ0) is 12.5. The monoisotopic (exact) mass is 237 g/mol. The lowest BCUT2D eigenvalue weighted by Gasteiger charge is -2.13. The van der Waals surface area contributed by atoms with Crippen molar-refractivity contribution in [2.45, 2.75) is 32.8 Å². The maximum atomic E-state index is 9.65. The molecule has 1 unspecified atom stereocenters. The summed E-state index contributed by atoms with van der Waals surface area (Å²) < 4.78 is 5.51. The fourth-order valence-electron chi connectivity index (χ4n) is 1.52. The number of aryl methyl sites for hydroxylation is 1. The Labute approximate surface area is 104 Å². The second-order valence-corrected chi connectivity index (χ2v) is 4.17. The van der Waals surface area contributed by atoms with Gasteiger partial charge in [0, 0.05) is 6.54 Å². The van der Waals surface area contributed by atoms with E-state index in [9.17, 15) is 5.11 Å². The van der Waals surface area contributed by atoms with Crippen molar-refractivity contribution in [2.24, 2.45) is 0 Å². The first-order valence-corrected chi connectivity index (χ1v) is 6.36. The van der Waals surface area contributed by atoms with Crippen molar-refractivity contribution in [1.82, 2.24) is 5.32 Å². The zero-order valence-corrected chi connectivity index (χ0v) is 10.8. The van der Waals surface area contributed by atoms with Gasteiger partial charge < -0.3 is 15.2 Å². The van der Waals surface area contributed by atoms with Gasteiger partial charge in [0.25, 0.3) is 0 Å². The predicted octanol–water partition coefficient (Wildman–Crippen LogP) is 1.99. The van der Waals surface area contributed by atoms with Gasteiger partial charge in [-0.05, 0) is 37.1 Å². The average molecular weight is 237 g/mol. The summed E-state index contributed by atoms with van der Waals surface area (Å²) in [6.45, 7) is 6.08. The molecule has 0 fully saturated rings. The first-order valence-electron chi connectivity index (χ1n) is 6.36. The molecule has 0 aliphatic heterocycles. The Balaban J connectivity index is 2.24. The largest absolute Gasteiger partial charge is 0.491 e. The molecule has 2 N–H and O–H groups in total. The number of nitrogens with one attached hydrogen (secondary N) is 1. The van der Waals surface area contributed by atoms with E-state index in [-0.39, 0.29) is 0 Å². The first-order chi connectivity index (χ1) is 8.26. The van der Waals surface area contributed by atoms with Crippen LogP contribution in [0.1, 0.15) is 25.8 Å². The van der Waals surface area contributed by atoms with Gasteiger partial charge in [-0.2, -0.15) is 0 Å². The van der Waals surface area contributed by atoms with Crippen LogP contribution in [-0.4, -0.2) is 30.9 Å². The summed E-state index contributed by atoms with van der Waals surface area (Å²) in [6.07, 6.45) is 1.66. The van der Waals surface area contributed by atoms with Crippen molar-refractivity contribution in [1.29, 1.82) is 0 Å². The quantitative estimate of drug-likeness (QED) is 0.679. The first kappa shape index (κ1) is 14.0. The Kier molecular flexibility index (Phi) is 6.67. The Morgan fingerprint density at radius 3 is 2.53 bits per heavy atom. The second-order valence-electron chi connectivity index (χ2n) is 4.17. The van der Waals surface area contributed by atoms with Crippen LogP contribution in [0.4, 0.5) is 0 Å². The number of hydrogen-bond donors (Lipinski definition) is 2. The van der Waals surface area contributed by atoms with Crippen LogP contribution in [0.5, 0.6) is 5.75 Å². The van der Waals surface area contributed by atoms with E-state index < -0.39 is 6.10 Å². The summed E-state index contributed by atoms with van der Waals surface area (Å²) in [6, 6.07) is 8.00. The van der Waals surface area contributed by atoms with Gasteiger partial charge in [0.1, 0.15) is 18.5 Å². The van der Waals surface area contributed by atoms with Crippen molar-refractivity contribution >= 4 is 0 Å². The van der Waals surface area contributed by atoms with Crippen LogP contribution in [0.25, 0.3) is 0 Å². The molecule has 0 saturated carbocycles. The highest BCUT2D eigenvalue weighted by molar-refractivity contribution is 5.27. The van der Waals surface area contributed by atoms with Gasteiger partial charge >= 0.3 is 0 Å². The molecule has 0 bridgehead atoms. The normalized spacial score (nSPS) is 12.4. The van der Waals surface area contributed by atoms with Crippen molar-refractivity contribution in [3.8, 4) is 5.75 Å². The van der Waals surface area contributed by atoms with Crippen LogP contribution in [0.2, 0.25) is 0 Å². The summed E-state index contributed by atoms with van der Waals surface area (Å²) in [5, 5.41) is 12.8. The summed E-state index contributed by atoms with van der Waals surface area (Å²) in [5.74, 6) is 0.816. The Bertz CT molecular complexity index is 298. The standard InChI is InChI=1S/C14H23NO2/c1-3-9-15-10-13(16)11-17-14-7-5-12(4-2)6-8-14/h5-8,13,15-16H,3-4,9-11H2,1-2H3. The molecule has 3 nitrogen and oxygen atoms in total. The van der Waals surface area contributed by atoms with Gasteiger partial charge in [-0.25, -0.2) is 0 Å². The smallest absolute Gasteiger partial charge is 0.119 e. The fourth-order valence-corrected chi connectivity index (χ4v) is 1.52. The molecule has 0 saturated heterocycles. The number of aliphatic hydroxyl groups excluding tert-OH is 1. The van der Waals surface area contributed by atoms with Crippen LogP contribution in [0, 0.1) is 0 Å². The SMILES string of the molecule is CCCNCC(O)COc1ccc(CC)cc1. The molecular weight excluding hydrogens is 214 g/mol. The second kappa shape index (κ2) is 8.09. The van der Waals surface area contributed by atoms with Crippen LogP contribution < -0.4 is 10.1 Å². The molecule has 0 heterocycles. The van der Waals surface area contributed by atoms with E-state index in [2.05, 4.69) is 31.3 Å². The van der Waals surface area contributed by atoms with E-state index in [1.54, 1.807) is 0 Å². The zero-order valence-electron chi connectivity index (χ0n) is 10.8. The third kappa shape index (κ3) is 5.71. The van der Waals surface area contributed by atoms with Crippen molar-refractivity contribution in [2.75, 3.05) is 19.7 Å². The number of ether oxygens (including phenoxy) is 1. The van der Waals surface area contributed by atoms with Gasteiger partial charge in [0.05, 0.1) is 0 Å². The molecule has 0 aliphatic rings. The minimum atomic E-state index is -0.451. The van der Waals surface area contributed by atoms with E-state index in [0.29, 0.717) is 13.2 Å². The van der Waals surface area contributed by atoms with Gasteiger partial charge in [0.15, 0.2) is 0 Å². The molecule has 0 aromatic heterocycles. The molecule has 17 heavy (non-hydrogen) atoms. The summed E-state index contributed by atoms with van der Waals surface area (Å²) >= 11 is 0. The van der Waals surface area contributed by atoms with E-state index in [1.807, 2.05) is 12.1 Å². The Morgan fingerprint density at radius 2 is 1.94 bits per heavy atom. The maximum absolute atomic E-state index is 9.65. The lowest BCUT2D eigenvalue weighted by atomic mass is 10.2. The topological polar surface area (TPSA) is 41.5 Å². The lowest BCUT2D eigenvalue weighted by molar-refractivity contribution is 0.106. The van der Waals surface area contributed by atoms with Gasteiger partial charge in [0.2, 0.25) is 0 Å². The maximum Gasteiger partial charge on any atom is 0.119 e. The van der Waals surface area contributed by atoms with Crippen molar-refractivity contribution in [3.63, 3.8) is 0 Å². The van der Waals surface area contributed by atoms with E-state index in [1.165, 1.54) is 5.56 Å². The third-order valence-electron chi connectivity index (χ3n) is 2.58. The highest BCUT2D eigenvalue weighted by Crippen LogP contribution is 2.12. The minimum absolute atomic E-state index is 0.336. The highest BCUT2D eigenvalue weighted by Gasteiger charge is 2.04. The molecule has 96 valence electrons. The van der Waals surface area contributed by atoms with Crippen LogP contribution in [-0.2, 0) is 6.42 Å².